The number of hydrogen-bond donors (Lipinski definition) is 3. The van der Waals surface area contributed by atoms with Gasteiger partial charge in [-0.25, -0.2) is 4.79 Å². The zero-order valence-corrected chi connectivity index (χ0v) is 18.4. The minimum Gasteiger partial charge on any atom is -0.493 e. The quantitative estimate of drug-likeness (QED) is 0.462. The van der Waals surface area contributed by atoms with Crippen molar-refractivity contribution in [3.8, 4) is 11.5 Å². The average molecular weight is 426 g/mol. The normalized spacial score (nSPS) is 13.6. The van der Waals surface area contributed by atoms with Crippen molar-refractivity contribution in [2.75, 3.05) is 44.5 Å². The molecule has 0 spiro atoms. The lowest BCUT2D eigenvalue weighted by molar-refractivity contribution is 0.222. The van der Waals surface area contributed by atoms with Crippen molar-refractivity contribution in [3.63, 3.8) is 0 Å². The Bertz CT molecular complexity index is 910. The fraction of sp³-hybridized carbons (Fsp3) is 0.391. The first-order valence-electron chi connectivity index (χ1n) is 10.6. The number of nitrogens with zero attached hydrogens (tertiary/aromatic N) is 2. The fourth-order valence-corrected chi connectivity index (χ4v) is 3.40. The Morgan fingerprint density at radius 1 is 1.06 bits per heavy atom. The second-order valence-corrected chi connectivity index (χ2v) is 7.17. The van der Waals surface area contributed by atoms with Crippen LogP contribution in [0, 0.1) is 0 Å². The van der Waals surface area contributed by atoms with Gasteiger partial charge in [0.15, 0.2) is 17.5 Å². The summed E-state index contributed by atoms with van der Waals surface area (Å²) >= 11 is 0. The van der Waals surface area contributed by atoms with E-state index in [1.807, 2.05) is 54.3 Å². The maximum absolute atomic E-state index is 12.3. The zero-order valence-electron chi connectivity index (χ0n) is 18.4. The number of rotatable bonds is 7. The Hall–Kier alpha value is -3.42. The van der Waals surface area contributed by atoms with Crippen LogP contribution in [0.3, 0.4) is 0 Å². The molecule has 3 N–H and O–H groups in total. The standard InChI is InChI=1S/C23H31N5O3/c1-4-31-20-11-10-19(15-21(20)30-3)26-22(24-2)25-16-17-8-7-9-18(14-17)27-23(29)28-12-5-6-13-28/h7-11,14-15H,4-6,12-13,16H2,1-3H3,(H,27,29)(H2,24,25,26). The number of aliphatic imine (C=N–C) groups is 1. The van der Waals surface area contributed by atoms with Gasteiger partial charge in [-0.3, -0.25) is 4.99 Å². The first kappa shape index (κ1) is 22.3. The van der Waals surface area contributed by atoms with Gasteiger partial charge >= 0.3 is 6.03 Å². The summed E-state index contributed by atoms with van der Waals surface area (Å²) in [6.07, 6.45) is 2.15. The SMILES string of the molecule is CCOc1ccc(NC(=NC)NCc2cccc(NC(=O)N3CCCC3)c2)cc1OC. The Morgan fingerprint density at radius 2 is 1.84 bits per heavy atom. The van der Waals surface area contributed by atoms with Gasteiger partial charge in [-0.1, -0.05) is 12.1 Å². The van der Waals surface area contributed by atoms with E-state index >= 15 is 0 Å². The molecule has 166 valence electrons. The summed E-state index contributed by atoms with van der Waals surface area (Å²) in [6.45, 7) is 4.71. The van der Waals surface area contributed by atoms with Crippen LogP contribution in [0.4, 0.5) is 16.2 Å². The molecule has 2 aromatic rings. The van der Waals surface area contributed by atoms with E-state index in [9.17, 15) is 4.79 Å². The predicted octanol–water partition coefficient (Wildman–Crippen LogP) is 3.91. The number of nitrogens with one attached hydrogen (secondary N) is 3. The lowest BCUT2D eigenvalue weighted by Crippen LogP contribution is -2.32. The second-order valence-electron chi connectivity index (χ2n) is 7.17. The predicted molar refractivity (Wildman–Crippen MR) is 124 cm³/mol. The van der Waals surface area contributed by atoms with Crippen LogP contribution in [0.2, 0.25) is 0 Å². The molecule has 0 bridgehead atoms. The van der Waals surface area contributed by atoms with Gasteiger partial charge < -0.3 is 30.3 Å². The molecule has 1 aliphatic heterocycles. The van der Waals surface area contributed by atoms with Gasteiger partial charge in [0.2, 0.25) is 0 Å². The molecule has 3 rings (SSSR count). The third-order valence-electron chi connectivity index (χ3n) is 4.98. The number of likely N-dealkylation sites (tertiary alicyclic amines) is 1. The van der Waals surface area contributed by atoms with Gasteiger partial charge in [0.05, 0.1) is 13.7 Å². The number of ether oxygens (including phenoxy) is 2. The topological polar surface area (TPSA) is 87.2 Å². The largest absolute Gasteiger partial charge is 0.493 e. The highest BCUT2D eigenvalue weighted by molar-refractivity contribution is 5.94. The second kappa shape index (κ2) is 11.1. The summed E-state index contributed by atoms with van der Waals surface area (Å²) in [7, 11) is 3.33. The number of anilines is 2. The molecule has 8 nitrogen and oxygen atoms in total. The molecule has 0 aromatic heterocycles. The van der Waals surface area contributed by atoms with E-state index in [4.69, 9.17) is 9.47 Å². The number of carbonyl (C=O) groups excluding carboxylic acids is 1. The summed E-state index contributed by atoms with van der Waals surface area (Å²) in [5.74, 6) is 1.98. The molecule has 1 saturated heterocycles. The minimum absolute atomic E-state index is 0.0375. The highest BCUT2D eigenvalue weighted by Crippen LogP contribution is 2.30. The molecule has 0 saturated carbocycles. The van der Waals surface area contributed by atoms with E-state index in [1.165, 1.54) is 0 Å². The van der Waals surface area contributed by atoms with Crippen LogP contribution in [0.5, 0.6) is 11.5 Å². The van der Waals surface area contributed by atoms with E-state index < -0.39 is 0 Å². The highest BCUT2D eigenvalue weighted by atomic mass is 16.5. The lowest BCUT2D eigenvalue weighted by Gasteiger charge is -2.17. The van der Waals surface area contributed by atoms with Crippen molar-refractivity contribution in [1.82, 2.24) is 10.2 Å². The molecule has 1 heterocycles. The molecule has 2 aromatic carbocycles. The van der Waals surface area contributed by atoms with Gasteiger partial charge in [0.25, 0.3) is 0 Å². The molecule has 2 amide bonds. The van der Waals surface area contributed by atoms with Gasteiger partial charge in [0.1, 0.15) is 0 Å². The number of carbonyl (C=O) groups is 1. The van der Waals surface area contributed by atoms with Gasteiger partial charge in [-0.15, -0.1) is 0 Å². The van der Waals surface area contributed by atoms with Crippen LogP contribution in [0.15, 0.2) is 47.5 Å². The zero-order chi connectivity index (χ0) is 22.1. The Morgan fingerprint density at radius 3 is 2.55 bits per heavy atom. The molecule has 31 heavy (non-hydrogen) atoms. The number of benzene rings is 2. The Labute approximate surface area is 183 Å². The number of urea groups is 1. The van der Waals surface area contributed by atoms with Crippen LogP contribution in [0.25, 0.3) is 0 Å². The first-order valence-corrected chi connectivity index (χ1v) is 10.6. The summed E-state index contributed by atoms with van der Waals surface area (Å²) in [6, 6.07) is 13.4. The molecular formula is C23H31N5O3. The van der Waals surface area contributed by atoms with Crippen LogP contribution in [-0.2, 0) is 6.54 Å². The van der Waals surface area contributed by atoms with Gasteiger partial charge in [0, 0.05) is 44.1 Å². The first-order chi connectivity index (χ1) is 15.1. The van der Waals surface area contributed by atoms with E-state index in [0.717, 1.165) is 42.9 Å². The Kier molecular flexibility index (Phi) is 7.98. The Balaban J connectivity index is 1.57. The van der Waals surface area contributed by atoms with Crippen LogP contribution >= 0.6 is 0 Å². The minimum atomic E-state index is -0.0375. The van der Waals surface area contributed by atoms with Gasteiger partial charge in [-0.05, 0) is 49.6 Å². The molecule has 0 unspecified atom stereocenters. The molecule has 0 atom stereocenters. The van der Waals surface area contributed by atoms with Crippen LogP contribution in [-0.4, -0.2) is 50.7 Å². The van der Waals surface area contributed by atoms with Crippen molar-refractivity contribution in [2.24, 2.45) is 4.99 Å². The van der Waals surface area contributed by atoms with Crippen LogP contribution < -0.4 is 25.4 Å². The summed E-state index contributed by atoms with van der Waals surface area (Å²) < 4.78 is 11.0. The van der Waals surface area contributed by atoms with Crippen LogP contribution in [0.1, 0.15) is 25.3 Å². The van der Waals surface area contributed by atoms with E-state index in [2.05, 4.69) is 20.9 Å². The van der Waals surface area contributed by atoms with Crippen molar-refractivity contribution in [3.05, 3.63) is 48.0 Å². The molecular weight excluding hydrogens is 394 g/mol. The third-order valence-corrected chi connectivity index (χ3v) is 4.98. The molecule has 0 radical (unpaired) electrons. The maximum Gasteiger partial charge on any atom is 0.321 e. The van der Waals surface area contributed by atoms with Crippen molar-refractivity contribution < 1.29 is 14.3 Å². The smallest absolute Gasteiger partial charge is 0.321 e. The van der Waals surface area contributed by atoms with Crippen molar-refractivity contribution in [1.29, 1.82) is 0 Å². The molecule has 1 fully saturated rings. The lowest BCUT2D eigenvalue weighted by atomic mass is 10.2. The maximum atomic E-state index is 12.3. The van der Waals surface area contributed by atoms with E-state index in [0.29, 0.717) is 30.6 Å². The van der Waals surface area contributed by atoms with E-state index in [1.54, 1.807) is 14.2 Å². The third kappa shape index (κ3) is 6.28. The molecule has 1 aliphatic rings. The van der Waals surface area contributed by atoms with Crippen molar-refractivity contribution in [2.45, 2.75) is 26.3 Å². The van der Waals surface area contributed by atoms with Crippen molar-refractivity contribution >= 4 is 23.4 Å². The number of guanidine groups is 1. The summed E-state index contributed by atoms with van der Waals surface area (Å²) in [5, 5.41) is 9.53. The summed E-state index contributed by atoms with van der Waals surface area (Å²) in [5.41, 5.74) is 2.65. The van der Waals surface area contributed by atoms with E-state index in [-0.39, 0.29) is 6.03 Å². The van der Waals surface area contributed by atoms with Gasteiger partial charge in [-0.2, -0.15) is 0 Å². The highest BCUT2D eigenvalue weighted by Gasteiger charge is 2.17. The number of hydrogen-bond acceptors (Lipinski definition) is 4. The number of methoxy groups -OCH3 is 1. The fourth-order valence-electron chi connectivity index (χ4n) is 3.40. The summed E-state index contributed by atoms with van der Waals surface area (Å²) in [4.78, 5) is 18.4. The number of amides is 2. The molecule has 0 aliphatic carbocycles. The average Bonchev–Trinajstić information content (AvgIpc) is 3.33. The monoisotopic (exact) mass is 425 g/mol. The molecule has 8 heteroatoms.